The third-order valence-corrected chi connectivity index (χ3v) is 4.01. The Morgan fingerprint density at radius 2 is 2.00 bits per heavy atom. The molecule has 1 N–H and O–H groups in total. The van der Waals surface area contributed by atoms with Gasteiger partial charge in [0, 0.05) is 38.0 Å². The van der Waals surface area contributed by atoms with Crippen LogP contribution in [0.4, 0.5) is 0 Å². The quantitative estimate of drug-likeness (QED) is 0.928. The number of amides is 2. The number of nitrogens with zero attached hydrogens (tertiary/aromatic N) is 4. The number of imidazole rings is 1. The second-order valence-electron chi connectivity index (χ2n) is 5.72. The van der Waals surface area contributed by atoms with Crippen LogP contribution < -0.4 is 5.32 Å². The summed E-state index contributed by atoms with van der Waals surface area (Å²) in [7, 11) is 1.56. The number of hydrazone groups is 1. The molecule has 2 amide bonds. The van der Waals surface area contributed by atoms with Crippen molar-refractivity contribution in [3.8, 4) is 5.69 Å². The number of carbonyl (C=O) groups is 2. The van der Waals surface area contributed by atoms with Crippen molar-refractivity contribution in [2.45, 2.75) is 25.8 Å². The maximum absolute atomic E-state index is 12.3. The molecule has 0 fully saturated rings. The number of carbonyl (C=O) groups excluding carboxylic acids is 2. The van der Waals surface area contributed by atoms with Crippen LogP contribution in [0.3, 0.4) is 0 Å². The normalized spacial score (nSPS) is 15.8. The predicted molar refractivity (Wildman–Crippen MR) is 89.6 cm³/mol. The molecule has 0 aliphatic carbocycles. The van der Waals surface area contributed by atoms with Gasteiger partial charge < -0.3 is 9.88 Å². The summed E-state index contributed by atoms with van der Waals surface area (Å²) >= 11 is 0. The van der Waals surface area contributed by atoms with Gasteiger partial charge in [0.25, 0.3) is 5.91 Å². The van der Waals surface area contributed by atoms with Crippen LogP contribution in [0.5, 0.6) is 0 Å². The topological polar surface area (TPSA) is 79.6 Å². The van der Waals surface area contributed by atoms with Crippen molar-refractivity contribution in [3.05, 3.63) is 48.5 Å². The fourth-order valence-electron chi connectivity index (χ4n) is 2.54. The van der Waals surface area contributed by atoms with Crippen LogP contribution in [0.1, 0.15) is 31.4 Å². The Kier molecular flexibility index (Phi) is 4.41. The van der Waals surface area contributed by atoms with E-state index in [2.05, 4.69) is 15.4 Å². The van der Waals surface area contributed by atoms with E-state index in [1.807, 2.05) is 42.0 Å². The molecule has 1 atom stereocenters. The van der Waals surface area contributed by atoms with Gasteiger partial charge in [-0.3, -0.25) is 9.59 Å². The number of hydrogen-bond donors (Lipinski definition) is 1. The largest absolute Gasteiger partial charge is 0.344 e. The standard InChI is InChI=1S/C17H19N5O2/c1-12(19-17(24)15-7-8-16(23)21(2)20-15)13-3-5-14(6-4-13)22-10-9-18-11-22/h3-6,9-12H,7-8H2,1-2H3,(H,19,24)/t12-/m1/s1. The average molecular weight is 325 g/mol. The molecule has 0 unspecified atom stereocenters. The maximum Gasteiger partial charge on any atom is 0.267 e. The summed E-state index contributed by atoms with van der Waals surface area (Å²) in [5.41, 5.74) is 2.39. The highest BCUT2D eigenvalue weighted by atomic mass is 16.2. The summed E-state index contributed by atoms with van der Waals surface area (Å²) in [5.74, 6) is -0.310. The molecule has 0 spiro atoms. The van der Waals surface area contributed by atoms with Crippen LogP contribution in [0.25, 0.3) is 5.69 Å². The first-order valence-corrected chi connectivity index (χ1v) is 7.78. The Bertz CT molecular complexity index is 765. The molecule has 124 valence electrons. The Balaban J connectivity index is 1.66. The summed E-state index contributed by atoms with van der Waals surface area (Å²) in [6, 6.07) is 7.74. The molecule has 3 rings (SSSR count). The molecule has 1 aliphatic heterocycles. The highest BCUT2D eigenvalue weighted by Gasteiger charge is 2.23. The molecule has 1 aromatic carbocycles. The van der Waals surface area contributed by atoms with Gasteiger partial charge in [0.1, 0.15) is 5.71 Å². The van der Waals surface area contributed by atoms with Crippen LogP contribution in [-0.4, -0.2) is 39.1 Å². The lowest BCUT2D eigenvalue weighted by Gasteiger charge is -2.21. The third kappa shape index (κ3) is 3.34. The summed E-state index contributed by atoms with van der Waals surface area (Å²) in [4.78, 5) is 27.7. The van der Waals surface area contributed by atoms with Crippen LogP contribution in [0, 0.1) is 0 Å². The van der Waals surface area contributed by atoms with Gasteiger partial charge in [0.05, 0.1) is 12.4 Å². The van der Waals surface area contributed by atoms with Gasteiger partial charge in [-0.1, -0.05) is 12.1 Å². The SMILES string of the molecule is C[C@@H](NC(=O)C1=NN(C)C(=O)CC1)c1ccc(-n2ccnc2)cc1. The molecular weight excluding hydrogens is 306 g/mol. The van der Waals surface area contributed by atoms with E-state index in [0.717, 1.165) is 11.3 Å². The smallest absolute Gasteiger partial charge is 0.267 e. The number of rotatable bonds is 4. The lowest BCUT2D eigenvalue weighted by Crippen LogP contribution is -2.38. The molecule has 2 heterocycles. The first kappa shape index (κ1) is 15.9. The predicted octanol–water partition coefficient (Wildman–Crippen LogP) is 1.66. The van der Waals surface area contributed by atoms with Gasteiger partial charge in [-0.05, 0) is 24.6 Å². The van der Waals surface area contributed by atoms with E-state index in [1.165, 1.54) is 5.01 Å². The maximum atomic E-state index is 12.3. The molecular formula is C17H19N5O2. The van der Waals surface area contributed by atoms with Crippen molar-refractivity contribution in [1.29, 1.82) is 0 Å². The van der Waals surface area contributed by atoms with Gasteiger partial charge in [0.15, 0.2) is 0 Å². The van der Waals surface area contributed by atoms with Gasteiger partial charge >= 0.3 is 0 Å². The van der Waals surface area contributed by atoms with Gasteiger partial charge in [0.2, 0.25) is 5.91 Å². The molecule has 24 heavy (non-hydrogen) atoms. The fraction of sp³-hybridized carbons (Fsp3) is 0.294. The highest BCUT2D eigenvalue weighted by Crippen LogP contribution is 2.16. The first-order chi connectivity index (χ1) is 11.5. The van der Waals surface area contributed by atoms with Crippen molar-refractivity contribution in [2.75, 3.05) is 7.05 Å². The molecule has 0 saturated carbocycles. The number of aromatic nitrogens is 2. The van der Waals surface area contributed by atoms with Crippen molar-refractivity contribution in [3.63, 3.8) is 0 Å². The van der Waals surface area contributed by atoms with Crippen molar-refractivity contribution >= 4 is 17.5 Å². The zero-order valence-electron chi connectivity index (χ0n) is 13.6. The second kappa shape index (κ2) is 6.66. The van der Waals surface area contributed by atoms with Crippen LogP contribution >= 0.6 is 0 Å². The summed E-state index contributed by atoms with van der Waals surface area (Å²) in [6.07, 6.45) is 6.03. The van der Waals surface area contributed by atoms with E-state index in [4.69, 9.17) is 0 Å². The second-order valence-corrected chi connectivity index (χ2v) is 5.72. The number of benzene rings is 1. The minimum absolute atomic E-state index is 0.0744. The Labute approximate surface area is 140 Å². The Morgan fingerprint density at radius 1 is 1.25 bits per heavy atom. The van der Waals surface area contributed by atoms with Crippen LogP contribution in [0.2, 0.25) is 0 Å². The number of hydrogen-bond acceptors (Lipinski definition) is 4. The summed E-state index contributed by atoms with van der Waals surface area (Å²) in [5, 5.41) is 8.19. The van der Waals surface area contributed by atoms with E-state index in [0.29, 0.717) is 18.6 Å². The molecule has 0 radical (unpaired) electrons. The van der Waals surface area contributed by atoms with Gasteiger partial charge in [-0.25, -0.2) is 9.99 Å². The fourth-order valence-corrected chi connectivity index (χ4v) is 2.54. The molecule has 2 aromatic rings. The average Bonchev–Trinajstić information content (AvgIpc) is 3.12. The van der Waals surface area contributed by atoms with E-state index in [9.17, 15) is 9.59 Å². The molecule has 1 aromatic heterocycles. The molecule has 0 bridgehead atoms. The van der Waals surface area contributed by atoms with E-state index in [-0.39, 0.29) is 17.9 Å². The molecule has 7 heteroatoms. The van der Waals surface area contributed by atoms with Crippen molar-refractivity contribution in [2.24, 2.45) is 5.10 Å². The van der Waals surface area contributed by atoms with E-state index >= 15 is 0 Å². The number of nitrogens with one attached hydrogen (secondary N) is 1. The van der Waals surface area contributed by atoms with Crippen molar-refractivity contribution < 1.29 is 9.59 Å². The molecule has 1 aliphatic rings. The lowest BCUT2D eigenvalue weighted by molar-refractivity contribution is -0.130. The zero-order valence-corrected chi connectivity index (χ0v) is 13.6. The highest BCUT2D eigenvalue weighted by molar-refractivity contribution is 6.39. The molecule has 0 saturated heterocycles. The van der Waals surface area contributed by atoms with Gasteiger partial charge in [-0.2, -0.15) is 5.10 Å². The Morgan fingerprint density at radius 3 is 2.62 bits per heavy atom. The third-order valence-electron chi connectivity index (χ3n) is 4.01. The lowest BCUT2D eigenvalue weighted by atomic mass is 10.1. The minimum Gasteiger partial charge on any atom is -0.344 e. The summed E-state index contributed by atoms with van der Waals surface area (Å²) < 4.78 is 1.91. The minimum atomic E-state index is -0.236. The van der Waals surface area contributed by atoms with Crippen LogP contribution in [0.15, 0.2) is 48.1 Å². The van der Waals surface area contributed by atoms with Gasteiger partial charge in [-0.15, -0.1) is 0 Å². The summed E-state index contributed by atoms with van der Waals surface area (Å²) in [6.45, 7) is 1.92. The monoisotopic (exact) mass is 325 g/mol. The molecule has 7 nitrogen and oxygen atoms in total. The zero-order chi connectivity index (χ0) is 17.1. The van der Waals surface area contributed by atoms with Crippen molar-refractivity contribution in [1.82, 2.24) is 19.9 Å². The Hall–Kier alpha value is -2.96. The van der Waals surface area contributed by atoms with E-state index in [1.54, 1.807) is 19.6 Å². The van der Waals surface area contributed by atoms with Crippen LogP contribution in [-0.2, 0) is 9.59 Å². The van der Waals surface area contributed by atoms with E-state index < -0.39 is 0 Å². The first-order valence-electron chi connectivity index (χ1n) is 7.78.